The molecule has 1 N–H and O–H groups in total. The molecule has 0 radical (unpaired) electrons. The van der Waals surface area contributed by atoms with Crippen molar-refractivity contribution in [1.29, 1.82) is 0 Å². The van der Waals surface area contributed by atoms with Gasteiger partial charge in [0.05, 0.1) is 21.9 Å². The second-order valence-electron chi connectivity index (χ2n) is 9.11. The molecule has 1 aliphatic rings. The Morgan fingerprint density at radius 2 is 1.66 bits per heavy atom. The van der Waals surface area contributed by atoms with E-state index < -0.39 is 21.0 Å². The normalized spacial score (nSPS) is 15.0. The topological polar surface area (TPSA) is 107 Å². The molecular formula is C28H30N4O4S2. The van der Waals surface area contributed by atoms with Crippen LogP contribution in [0.2, 0.25) is 0 Å². The van der Waals surface area contributed by atoms with Crippen molar-refractivity contribution in [3.05, 3.63) is 79.1 Å². The van der Waals surface area contributed by atoms with Crippen molar-refractivity contribution >= 4 is 43.4 Å². The number of unbranched alkanes of at least 4 members (excludes halogenated alkanes) is 1. The van der Waals surface area contributed by atoms with Crippen LogP contribution in [0.15, 0.2) is 88.9 Å². The molecule has 0 bridgehead atoms. The maximum Gasteiger partial charge on any atom is 0.206 e. The maximum absolute atomic E-state index is 12.9. The number of anilines is 2. The second kappa shape index (κ2) is 12.1. The molecule has 3 aromatic carbocycles. The molecule has 5 rings (SSSR count). The fourth-order valence-electron chi connectivity index (χ4n) is 4.34. The highest BCUT2D eigenvalue weighted by molar-refractivity contribution is 7.91. The number of aromatic nitrogens is 2. The summed E-state index contributed by atoms with van der Waals surface area (Å²) in [4.78, 5) is 11.6. The molecule has 4 aromatic rings. The molecular weight excluding hydrogens is 520 g/mol. The molecule has 2 heterocycles. The van der Waals surface area contributed by atoms with Gasteiger partial charge in [0.25, 0.3) is 0 Å². The van der Waals surface area contributed by atoms with Crippen LogP contribution in [0.1, 0.15) is 12.8 Å². The quantitative estimate of drug-likeness (QED) is 0.228. The number of fused-ring (bicyclic) bond motifs is 1. The Bertz CT molecular complexity index is 1460. The number of nitrogens with zero attached hydrogens (tertiary/aromatic N) is 3. The van der Waals surface area contributed by atoms with Gasteiger partial charge in [-0.25, -0.2) is 18.4 Å². The highest BCUT2D eigenvalue weighted by atomic mass is 32.2. The first-order valence-corrected chi connectivity index (χ1v) is 15.6. The molecule has 1 aromatic heterocycles. The van der Waals surface area contributed by atoms with Crippen LogP contribution in [-0.4, -0.2) is 65.6 Å². The molecule has 0 amide bonds. The minimum Gasteiger partial charge on any atom is -0.616 e. The molecule has 1 saturated heterocycles. The number of hydrogen-bond acceptors (Lipinski definition) is 8. The predicted octanol–water partition coefficient (Wildman–Crippen LogP) is 4.43. The van der Waals surface area contributed by atoms with Crippen molar-refractivity contribution in [3.63, 3.8) is 0 Å². The van der Waals surface area contributed by atoms with Crippen LogP contribution in [-0.2, 0) is 21.0 Å². The monoisotopic (exact) mass is 550 g/mol. The fourth-order valence-corrected chi connectivity index (χ4v) is 6.75. The van der Waals surface area contributed by atoms with Gasteiger partial charge in [0.1, 0.15) is 29.4 Å². The first kappa shape index (κ1) is 26.4. The lowest BCUT2D eigenvalue weighted by atomic mass is 10.2. The lowest BCUT2D eigenvalue weighted by molar-refractivity contribution is 0.262. The molecule has 8 nitrogen and oxygen atoms in total. The molecule has 0 aliphatic carbocycles. The van der Waals surface area contributed by atoms with Crippen molar-refractivity contribution in [1.82, 2.24) is 14.9 Å². The highest BCUT2D eigenvalue weighted by Gasteiger charge is 2.19. The molecule has 0 unspecified atom stereocenters. The van der Waals surface area contributed by atoms with Gasteiger partial charge < -0.3 is 14.6 Å². The summed E-state index contributed by atoms with van der Waals surface area (Å²) in [6.07, 6.45) is 3.47. The number of nitrogens with one attached hydrogen (secondary N) is 1. The summed E-state index contributed by atoms with van der Waals surface area (Å²) in [5.41, 5.74) is 1.49. The number of benzene rings is 3. The third-order valence-electron chi connectivity index (χ3n) is 6.50. The van der Waals surface area contributed by atoms with Gasteiger partial charge in [-0.1, -0.05) is 29.4 Å². The van der Waals surface area contributed by atoms with E-state index in [1.54, 1.807) is 54.6 Å². The molecule has 10 heteroatoms. The van der Waals surface area contributed by atoms with Gasteiger partial charge in [0, 0.05) is 24.2 Å². The molecule has 198 valence electrons. The standard InChI is InChI=1S/C28H30N4O4S2/c33-37-18-15-32(16-19-37)14-4-5-17-36-23-10-13-27-26(20-23)28(30-21-29-27)31-22-8-11-25(12-9-22)38(34,35)24-6-2-1-3-7-24/h1-3,6-13,20-21H,4-5,14-19H2,(H,29,30,31). The van der Waals surface area contributed by atoms with Crippen LogP contribution in [0.25, 0.3) is 10.9 Å². The molecule has 0 spiro atoms. The van der Waals surface area contributed by atoms with Crippen LogP contribution in [0.5, 0.6) is 5.75 Å². The minimum atomic E-state index is -3.58. The smallest absolute Gasteiger partial charge is 0.206 e. The van der Waals surface area contributed by atoms with Crippen molar-refractivity contribution < 1.29 is 17.7 Å². The Morgan fingerprint density at radius 1 is 0.921 bits per heavy atom. The maximum atomic E-state index is 12.9. The predicted molar refractivity (Wildman–Crippen MR) is 150 cm³/mol. The van der Waals surface area contributed by atoms with Crippen LogP contribution in [0.3, 0.4) is 0 Å². The summed E-state index contributed by atoms with van der Waals surface area (Å²) >= 11 is -0.640. The second-order valence-corrected chi connectivity index (χ2v) is 12.8. The van der Waals surface area contributed by atoms with Crippen molar-refractivity contribution in [3.8, 4) is 5.75 Å². The first-order chi connectivity index (χ1) is 18.5. The van der Waals surface area contributed by atoms with Gasteiger partial charge >= 0.3 is 0 Å². The summed E-state index contributed by atoms with van der Waals surface area (Å²) in [6.45, 7) is 3.45. The molecule has 38 heavy (non-hydrogen) atoms. The van der Waals surface area contributed by atoms with E-state index in [0.29, 0.717) is 18.1 Å². The summed E-state index contributed by atoms with van der Waals surface area (Å²) in [7, 11) is -3.58. The average molecular weight is 551 g/mol. The van der Waals surface area contributed by atoms with E-state index in [4.69, 9.17) is 4.74 Å². The zero-order chi connectivity index (χ0) is 26.4. The molecule has 0 atom stereocenters. The van der Waals surface area contributed by atoms with Gasteiger partial charge in [-0.05, 0) is 74.0 Å². The Balaban J connectivity index is 1.21. The summed E-state index contributed by atoms with van der Waals surface area (Å²) in [5, 5.41) is 4.09. The summed E-state index contributed by atoms with van der Waals surface area (Å²) < 4.78 is 43.2. The summed E-state index contributed by atoms with van der Waals surface area (Å²) in [5.74, 6) is 2.92. The Labute approximate surface area is 226 Å². The van der Waals surface area contributed by atoms with Crippen LogP contribution in [0.4, 0.5) is 11.5 Å². The zero-order valence-electron chi connectivity index (χ0n) is 21.0. The van der Waals surface area contributed by atoms with E-state index in [1.807, 2.05) is 18.2 Å². The van der Waals surface area contributed by atoms with Crippen LogP contribution < -0.4 is 10.1 Å². The Morgan fingerprint density at radius 3 is 2.42 bits per heavy atom. The third kappa shape index (κ3) is 6.44. The zero-order valence-corrected chi connectivity index (χ0v) is 22.6. The lowest BCUT2D eigenvalue weighted by Gasteiger charge is -2.27. The number of rotatable bonds is 10. The number of hydrogen-bond donors (Lipinski definition) is 1. The van der Waals surface area contributed by atoms with Gasteiger partial charge in [-0.15, -0.1) is 0 Å². The van der Waals surface area contributed by atoms with E-state index in [1.165, 1.54) is 6.33 Å². The number of ether oxygens (including phenoxy) is 1. The Kier molecular flexibility index (Phi) is 8.43. The van der Waals surface area contributed by atoms with E-state index >= 15 is 0 Å². The largest absolute Gasteiger partial charge is 0.616 e. The third-order valence-corrected chi connectivity index (χ3v) is 9.56. The van der Waals surface area contributed by atoms with Crippen molar-refractivity contribution in [2.75, 3.05) is 43.1 Å². The van der Waals surface area contributed by atoms with Gasteiger partial charge in [-0.3, -0.25) is 4.90 Å². The molecule has 1 fully saturated rings. The van der Waals surface area contributed by atoms with E-state index in [2.05, 4.69) is 20.2 Å². The molecule has 0 saturated carbocycles. The van der Waals surface area contributed by atoms with E-state index in [-0.39, 0.29) is 9.79 Å². The summed E-state index contributed by atoms with van der Waals surface area (Å²) in [6, 6.07) is 20.8. The van der Waals surface area contributed by atoms with Crippen LogP contribution in [0, 0.1) is 0 Å². The average Bonchev–Trinajstić information content (AvgIpc) is 2.95. The van der Waals surface area contributed by atoms with E-state index in [0.717, 1.165) is 60.6 Å². The van der Waals surface area contributed by atoms with E-state index in [9.17, 15) is 13.0 Å². The van der Waals surface area contributed by atoms with Gasteiger partial charge in [-0.2, -0.15) is 0 Å². The highest BCUT2D eigenvalue weighted by Crippen LogP contribution is 2.28. The van der Waals surface area contributed by atoms with Gasteiger partial charge in [0.15, 0.2) is 0 Å². The van der Waals surface area contributed by atoms with Gasteiger partial charge in [0.2, 0.25) is 9.84 Å². The Hall–Kier alpha value is -3.18. The minimum absolute atomic E-state index is 0.229. The van der Waals surface area contributed by atoms with Crippen molar-refractivity contribution in [2.24, 2.45) is 0 Å². The SMILES string of the molecule is O=S(=O)(c1ccccc1)c1ccc(Nc2ncnc3ccc(OCCCCN4CC[S+]([O-])CC4)cc23)cc1. The lowest BCUT2D eigenvalue weighted by Crippen LogP contribution is -2.40. The molecule has 1 aliphatic heterocycles. The fraction of sp³-hybridized carbons (Fsp3) is 0.286. The van der Waals surface area contributed by atoms with Crippen LogP contribution >= 0.6 is 0 Å². The van der Waals surface area contributed by atoms with Crippen molar-refractivity contribution in [2.45, 2.75) is 22.6 Å². The number of sulfone groups is 1. The first-order valence-electron chi connectivity index (χ1n) is 12.6.